The highest BCUT2D eigenvalue weighted by molar-refractivity contribution is 5.89. The highest BCUT2D eigenvalue weighted by atomic mass is 16.2. The Morgan fingerprint density at radius 2 is 1.89 bits per heavy atom. The number of amides is 3. The lowest BCUT2D eigenvalue weighted by Gasteiger charge is -2.32. The van der Waals surface area contributed by atoms with Crippen molar-refractivity contribution < 1.29 is 14.4 Å². The van der Waals surface area contributed by atoms with E-state index in [0.29, 0.717) is 32.0 Å². The van der Waals surface area contributed by atoms with E-state index < -0.39 is 0 Å². The van der Waals surface area contributed by atoms with E-state index in [2.05, 4.69) is 4.98 Å². The summed E-state index contributed by atoms with van der Waals surface area (Å²) >= 11 is 0. The van der Waals surface area contributed by atoms with E-state index in [4.69, 9.17) is 4.98 Å². The van der Waals surface area contributed by atoms with E-state index in [9.17, 15) is 14.4 Å². The SMILES string of the molecule is CC(=O)N1CCC(c2ncc3c(n2)CCN(C(=O)[C@H]2CC(=O)N(C)C2)C3)CC1. The van der Waals surface area contributed by atoms with Gasteiger partial charge in [0.05, 0.1) is 11.6 Å². The summed E-state index contributed by atoms with van der Waals surface area (Å²) in [5.74, 6) is 1.16. The highest BCUT2D eigenvalue weighted by Gasteiger charge is 2.36. The van der Waals surface area contributed by atoms with Crippen LogP contribution >= 0.6 is 0 Å². The number of likely N-dealkylation sites (tertiary alicyclic amines) is 2. The van der Waals surface area contributed by atoms with Gasteiger partial charge in [0.1, 0.15) is 5.82 Å². The van der Waals surface area contributed by atoms with Crippen molar-refractivity contribution in [2.45, 2.75) is 45.1 Å². The maximum atomic E-state index is 12.8. The number of nitrogens with zero attached hydrogens (tertiary/aromatic N) is 5. The predicted molar refractivity (Wildman–Crippen MR) is 101 cm³/mol. The van der Waals surface area contributed by atoms with E-state index in [1.807, 2.05) is 16.0 Å². The second-order valence-electron chi connectivity index (χ2n) is 8.17. The predicted octanol–water partition coefficient (Wildman–Crippen LogP) is 0.566. The molecule has 0 saturated carbocycles. The smallest absolute Gasteiger partial charge is 0.228 e. The van der Waals surface area contributed by atoms with Crippen molar-refractivity contribution in [1.29, 1.82) is 0 Å². The summed E-state index contributed by atoms with van der Waals surface area (Å²) in [4.78, 5) is 50.7. The van der Waals surface area contributed by atoms with Crippen molar-refractivity contribution >= 4 is 17.7 Å². The van der Waals surface area contributed by atoms with Crippen LogP contribution in [0, 0.1) is 5.92 Å². The molecule has 4 rings (SSSR count). The number of aromatic nitrogens is 2. The fourth-order valence-corrected chi connectivity index (χ4v) is 4.46. The van der Waals surface area contributed by atoms with Crippen molar-refractivity contribution in [2.24, 2.45) is 5.92 Å². The molecule has 8 heteroatoms. The molecule has 1 atom stereocenters. The highest BCUT2D eigenvalue weighted by Crippen LogP contribution is 2.28. The molecule has 0 aromatic carbocycles. The number of carbonyl (C=O) groups excluding carboxylic acids is 3. The molecule has 0 N–H and O–H groups in total. The van der Waals surface area contributed by atoms with Gasteiger partial charge in [-0.05, 0) is 12.8 Å². The molecule has 4 heterocycles. The third-order valence-corrected chi connectivity index (χ3v) is 6.26. The minimum absolute atomic E-state index is 0.0413. The summed E-state index contributed by atoms with van der Waals surface area (Å²) in [7, 11) is 1.75. The van der Waals surface area contributed by atoms with E-state index >= 15 is 0 Å². The molecule has 28 heavy (non-hydrogen) atoms. The van der Waals surface area contributed by atoms with Crippen LogP contribution in [0.2, 0.25) is 0 Å². The van der Waals surface area contributed by atoms with Gasteiger partial charge >= 0.3 is 0 Å². The van der Waals surface area contributed by atoms with Gasteiger partial charge in [0, 0.05) is 77.2 Å². The summed E-state index contributed by atoms with van der Waals surface area (Å²) in [5, 5.41) is 0. The maximum absolute atomic E-state index is 12.8. The minimum atomic E-state index is -0.231. The lowest BCUT2D eigenvalue weighted by molar-refractivity contribution is -0.136. The van der Waals surface area contributed by atoms with E-state index in [1.54, 1.807) is 18.9 Å². The van der Waals surface area contributed by atoms with Gasteiger partial charge in [-0.1, -0.05) is 0 Å². The molecule has 0 unspecified atom stereocenters. The third-order valence-electron chi connectivity index (χ3n) is 6.26. The van der Waals surface area contributed by atoms with Crippen molar-refractivity contribution in [3.05, 3.63) is 23.3 Å². The number of rotatable bonds is 2. The summed E-state index contributed by atoms with van der Waals surface area (Å²) in [6.45, 7) is 4.80. The fourth-order valence-electron chi connectivity index (χ4n) is 4.46. The van der Waals surface area contributed by atoms with Crippen LogP contribution in [-0.2, 0) is 27.3 Å². The van der Waals surface area contributed by atoms with Gasteiger partial charge in [0.15, 0.2) is 0 Å². The first kappa shape index (κ1) is 18.8. The Kier molecular flexibility index (Phi) is 5.03. The molecule has 0 radical (unpaired) electrons. The van der Waals surface area contributed by atoms with Crippen molar-refractivity contribution in [2.75, 3.05) is 33.2 Å². The quantitative estimate of drug-likeness (QED) is 0.743. The molecule has 0 bridgehead atoms. The second-order valence-corrected chi connectivity index (χ2v) is 8.17. The lowest BCUT2D eigenvalue weighted by Crippen LogP contribution is -2.41. The zero-order valence-electron chi connectivity index (χ0n) is 16.6. The van der Waals surface area contributed by atoms with Crippen LogP contribution in [0.3, 0.4) is 0 Å². The standard InChI is InChI=1S/C20H27N5O3/c1-13(26)24-6-3-14(4-7-24)19-21-10-16-12-25(8-5-17(16)22-19)20(28)15-9-18(27)23(2)11-15/h10,14-15H,3-9,11-12H2,1-2H3/t15-/m0/s1. The maximum Gasteiger partial charge on any atom is 0.228 e. The topological polar surface area (TPSA) is 86.7 Å². The second kappa shape index (κ2) is 7.48. The Morgan fingerprint density at radius 1 is 1.14 bits per heavy atom. The molecule has 8 nitrogen and oxygen atoms in total. The number of piperidine rings is 1. The Bertz CT molecular complexity index is 803. The zero-order chi connectivity index (χ0) is 19.8. The molecule has 0 spiro atoms. The van der Waals surface area contributed by atoms with Crippen molar-refractivity contribution in [3.63, 3.8) is 0 Å². The zero-order valence-corrected chi connectivity index (χ0v) is 16.6. The van der Waals surface area contributed by atoms with Crippen LogP contribution in [0.5, 0.6) is 0 Å². The Balaban J connectivity index is 1.40. The first-order valence-electron chi connectivity index (χ1n) is 10.1. The molecular weight excluding hydrogens is 358 g/mol. The molecule has 2 fully saturated rings. The lowest BCUT2D eigenvalue weighted by atomic mass is 9.95. The number of hydrogen-bond acceptors (Lipinski definition) is 5. The summed E-state index contributed by atoms with van der Waals surface area (Å²) < 4.78 is 0. The van der Waals surface area contributed by atoms with Crippen LogP contribution in [0.25, 0.3) is 0 Å². The molecule has 3 aliphatic heterocycles. The van der Waals surface area contributed by atoms with Gasteiger partial charge in [-0.25, -0.2) is 9.97 Å². The van der Waals surface area contributed by atoms with Crippen LogP contribution in [0.15, 0.2) is 6.20 Å². The van der Waals surface area contributed by atoms with Crippen LogP contribution in [0.1, 0.15) is 49.2 Å². The first-order valence-corrected chi connectivity index (χ1v) is 10.1. The monoisotopic (exact) mass is 385 g/mol. The van der Waals surface area contributed by atoms with E-state index in [-0.39, 0.29) is 23.6 Å². The largest absolute Gasteiger partial charge is 0.345 e. The van der Waals surface area contributed by atoms with Gasteiger partial charge < -0.3 is 14.7 Å². The Hall–Kier alpha value is -2.51. The van der Waals surface area contributed by atoms with Crippen molar-refractivity contribution in [1.82, 2.24) is 24.7 Å². The number of hydrogen-bond donors (Lipinski definition) is 0. The van der Waals surface area contributed by atoms with Gasteiger partial charge in [-0.15, -0.1) is 0 Å². The normalized spacial score (nSPS) is 23.1. The summed E-state index contributed by atoms with van der Waals surface area (Å²) in [6, 6.07) is 0. The van der Waals surface area contributed by atoms with Crippen LogP contribution < -0.4 is 0 Å². The number of fused-ring (bicyclic) bond motifs is 1. The van der Waals surface area contributed by atoms with Gasteiger partial charge in [0.25, 0.3) is 0 Å². The molecule has 150 valence electrons. The Morgan fingerprint density at radius 3 is 2.54 bits per heavy atom. The first-order chi connectivity index (χ1) is 13.4. The van der Waals surface area contributed by atoms with Crippen molar-refractivity contribution in [3.8, 4) is 0 Å². The Labute approximate surface area is 164 Å². The molecule has 3 aliphatic rings. The molecule has 2 saturated heterocycles. The van der Waals surface area contributed by atoms with Crippen LogP contribution in [-0.4, -0.2) is 75.6 Å². The molecule has 0 aliphatic carbocycles. The average molecular weight is 385 g/mol. The third kappa shape index (κ3) is 3.59. The van der Waals surface area contributed by atoms with E-state index in [1.165, 1.54) is 0 Å². The minimum Gasteiger partial charge on any atom is -0.345 e. The van der Waals surface area contributed by atoms with Gasteiger partial charge in [-0.2, -0.15) is 0 Å². The average Bonchev–Trinajstić information content (AvgIpc) is 3.05. The van der Waals surface area contributed by atoms with Crippen LogP contribution in [0.4, 0.5) is 0 Å². The summed E-state index contributed by atoms with van der Waals surface area (Å²) in [5.41, 5.74) is 2.03. The molecular formula is C20H27N5O3. The molecule has 1 aromatic rings. The fraction of sp³-hybridized carbons (Fsp3) is 0.650. The van der Waals surface area contributed by atoms with E-state index in [0.717, 1.165) is 49.4 Å². The molecule has 3 amide bonds. The number of carbonyl (C=O) groups is 3. The summed E-state index contributed by atoms with van der Waals surface area (Å²) in [6.07, 6.45) is 4.69. The molecule has 1 aromatic heterocycles. The van der Waals surface area contributed by atoms with Gasteiger partial charge in [-0.3, -0.25) is 14.4 Å². The van der Waals surface area contributed by atoms with Gasteiger partial charge in [0.2, 0.25) is 17.7 Å².